The lowest BCUT2D eigenvalue weighted by Crippen LogP contribution is -2.36. The molecule has 0 aromatic rings. The molecular formula is C51H101NO5. The molecule has 0 heterocycles. The summed E-state index contributed by atoms with van der Waals surface area (Å²) in [4.78, 5) is 25.4. The monoisotopic (exact) mass is 808 g/mol. The first kappa shape index (κ1) is 55.9. The highest BCUT2D eigenvalue weighted by atomic mass is 16.6. The molecule has 6 nitrogen and oxygen atoms in total. The Kier molecular flexibility index (Phi) is 39.5. The van der Waals surface area contributed by atoms with Gasteiger partial charge in [-0.1, -0.05) is 200 Å². The Bertz CT molecular complexity index is 868. The van der Waals surface area contributed by atoms with E-state index in [0.717, 1.165) is 32.1 Å². The van der Waals surface area contributed by atoms with E-state index >= 15 is 0 Å². The molecule has 340 valence electrons. The molecule has 1 unspecified atom stereocenters. The molecule has 0 aliphatic rings. The predicted octanol–water partition coefficient (Wildman–Crippen LogP) is 15.7. The van der Waals surface area contributed by atoms with Gasteiger partial charge in [-0.05, 0) is 66.7 Å². The van der Waals surface area contributed by atoms with Gasteiger partial charge in [0, 0.05) is 19.6 Å². The third kappa shape index (κ3) is 44.2. The average molecular weight is 808 g/mol. The van der Waals surface area contributed by atoms with Crippen LogP contribution in [-0.4, -0.2) is 48.9 Å². The van der Waals surface area contributed by atoms with Crippen molar-refractivity contribution in [2.24, 2.45) is 0 Å². The first-order valence-corrected chi connectivity index (χ1v) is 25.2. The smallest absolute Gasteiger partial charge is 0.306 e. The van der Waals surface area contributed by atoms with Crippen LogP contribution >= 0.6 is 0 Å². The van der Waals surface area contributed by atoms with E-state index in [0.29, 0.717) is 19.8 Å². The molecule has 6 heteroatoms. The zero-order valence-electron chi connectivity index (χ0n) is 39.7. The van der Waals surface area contributed by atoms with Gasteiger partial charge in [0.2, 0.25) is 5.91 Å². The van der Waals surface area contributed by atoms with Crippen LogP contribution in [0.15, 0.2) is 0 Å². The Morgan fingerprint density at radius 3 is 1.16 bits per heavy atom. The number of esters is 1. The second-order valence-electron chi connectivity index (χ2n) is 19.2. The van der Waals surface area contributed by atoms with Gasteiger partial charge in [-0.3, -0.25) is 9.59 Å². The standard InChI is InChI=1S/C51H101NO5/c1-8-10-12-14-16-18-20-22-24-26-28-30-32-34-36-38-41-47(40-37-35-33-31-29-27-25-23-21-19-17-15-13-11-9-2)57-49(54)43-42-48(53)52-44-39-45-55-51(6,7)46-56-50(3,4)5/h47H,8-46H2,1-7H3,(H,52,53). The van der Waals surface area contributed by atoms with Gasteiger partial charge in [-0.25, -0.2) is 0 Å². The van der Waals surface area contributed by atoms with Crippen LogP contribution in [0.3, 0.4) is 0 Å². The minimum absolute atomic E-state index is 0.0167. The average Bonchev–Trinajstić information content (AvgIpc) is 3.17. The summed E-state index contributed by atoms with van der Waals surface area (Å²) >= 11 is 0. The number of rotatable bonds is 44. The topological polar surface area (TPSA) is 73.9 Å². The van der Waals surface area contributed by atoms with E-state index in [1.807, 2.05) is 34.6 Å². The van der Waals surface area contributed by atoms with Crippen LogP contribution in [0.25, 0.3) is 0 Å². The van der Waals surface area contributed by atoms with Crippen molar-refractivity contribution in [2.45, 2.75) is 297 Å². The summed E-state index contributed by atoms with van der Waals surface area (Å²) in [5, 5.41) is 2.94. The SMILES string of the molecule is CCCCCCCCCCCCCCCCCCC(CCCCCCCCCCCCCCCCC)OC(=O)CCC(=O)NCCCOC(C)(C)COC(C)(C)C. The van der Waals surface area contributed by atoms with Crippen LogP contribution in [0, 0.1) is 0 Å². The third-order valence-corrected chi connectivity index (χ3v) is 11.4. The quantitative estimate of drug-likeness (QED) is 0.0490. The van der Waals surface area contributed by atoms with E-state index in [2.05, 4.69) is 19.2 Å². The number of nitrogens with one attached hydrogen (secondary N) is 1. The van der Waals surface area contributed by atoms with Crippen LogP contribution in [0.4, 0.5) is 0 Å². The number of unbranched alkanes of at least 4 members (excludes halogenated alkanes) is 29. The van der Waals surface area contributed by atoms with Crippen LogP contribution in [-0.2, 0) is 23.8 Å². The van der Waals surface area contributed by atoms with Crippen molar-refractivity contribution in [1.29, 1.82) is 0 Å². The van der Waals surface area contributed by atoms with E-state index in [1.165, 1.54) is 186 Å². The first-order chi connectivity index (χ1) is 27.5. The van der Waals surface area contributed by atoms with Crippen LogP contribution in [0.5, 0.6) is 0 Å². The molecule has 0 fully saturated rings. The molecule has 0 radical (unpaired) electrons. The third-order valence-electron chi connectivity index (χ3n) is 11.4. The van der Waals surface area contributed by atoms with Crippen molar-refractivity contribution >= 4 is 11.9 Å². The van der Waals surface area contributed by atoms with E-state index in [4.69, 9.17) is 14.2 Å². The van der Waals surface area contributed by atoms with E-state index in [9.17, 15) is 9.59 Å². The Hall–Kier alpha value is -1.14. The van der Waals surface area contributed by atoms with E-state index in [-0.39, 0.29) is 42.0 Å². The molecule has 0 aromatic heterocycles. The zero-order valence-corrected chi connectivity index (χ0v) is 39.7. The normalized spacial score (nSPS) is 12.6. The predicted molar refractivity (Wildman–Crippen MR) is 246 cm³/mol. The summed E-state index contributed by atoms with van der Waals surface area (Å²) in [7, 11) is 0. The van der Waals surface area contributed by atoms with Gasteiger partial charge in [0.25, 0.3) is 0 Å². The van der Waals surface area contributed by atoms with Gasteiger partial charge >= 0.3 is 5.97 Å². The van der Waals surface area contributed by atoms with E-state index < -0.39 is 0 Å². The zero-order chi connectivity index (χ0) is 42.1. The largest absolute Gasteiger partial charge is 0.462 e. The maximum absolute atomic E-state index is 12.9. The van der Waals surface area contributed by atoms with Crippen molar-refractivity contribution in [1.82, 2.24) is 5.32 Å². The van der Waals surface area contributed by atoms with Crippen molar-refractivity contribution in [3.63, 3.8) is 0 Å². The molecule has 0 aromatic carbocycles. The highest BCUT2D eigenvalue weighted by Crippen LogP contribution is 2.20. The molecule has 0 bridgehead atoms. The summed E-state index contributed by atoms with van der Waals surface area (Å²) in [6, 6.07) is 0. The summed E-state index contributed by atoms with van der Waals surface area (Å²) in [6.45, 7) is 16.3. The van der Waals surface area contributed by atoms with Crippen molar-refractivity contribution < 1.29 is 23.8 Å². The lowest BCUT2D eigenvalue weighted by Gasteiger charge is -2.30. The number of ether oxygens (including phenoxy) is 3. The van der Waals surface area contributed by atoms with Crippen LogP contribution in [0.1, 0.15) is 280 Å². The van der Waals surface area contributed by atoms with Crippen LogP contribution < -0.4 is 5.32 Å². The fourth-order valence-electron chi connectivity index (χ4n) is 7.55. The van der Waals surface area contributed by atoms with Gasteiger partial charge in [-0.2, -0.15) is 0 Å². The van der Waals surface area contributed by atoms with Gasteiger partial charge in [0.05, 0.1) is 24.2 Å². The number of hydrogen-bond donors (Lipinski definition) is 1. The highest BCUT2D eigenvalue weighted by molar-refractivity contribution is 5.81. The molecule has 1 N–H and O–H groups in total. The number of amides is 1. The van der Waals surface area contributed by atoms with Crippen molar-refractivity contribution in [3.8, 4) is 0 Å². The van der Waals surface area contributed by atoms with Crippen LogP contribution in [0.2, 0.25) is 0 Å². The van der Waals surface area contributed by atoms with Crippen molar-refractivity contribution in [3.05, 3.63) is 0 Å². The molecule has 57 heavy (non-hydrogen) atoms. The second-order valence-corrected chi connectivity index (χ2v) is 19.2. The molecule has 1 amide bonds. The van der Waals surface area contributed by atoms with Gasteiger partial charge in [-0.15, -0.1) is 0 Å². The Morgan fingerprint density at radius 2 is 0.807 bits per heavy atom. The Morgan fingerprint density at radius 1 is 0.456 bits per heavy atom. The number of carbonyl (C=O) groups is 2. The maximum atomic E-state index is 12.9. The Balaban J connectivity index is 4.31. The summed E-state index contributed by atoms with van der Waals surface area (Å²) in [5.41, 5.74) is -0.580. The van der Waals surface area contributed by atoms with Gasteiger partial charge in [0.15, 0.2) is 0 Å². The molecule has 0 aliphatic heterocycles. The molecule has 1 atom stereocenters. The summed E-state index contributed by atoms with van der Waals surface area (Å²) in [6.07, 6.45) is 45.0. The minimum Gasteiger partial charge on any atom is -0.462 e. The fourth-order valence-corrected chi connectivity index (χ4v) is 7.55. The summed E-state index contributed by atoms with van der Waals surface area (Å²) < 4.78 is 17.9. The molecule has 0 aliphatic carbocycles. The maximum Gasteiger partial charge on any atom is 0.306 e. The molecule has 0 spiro atoms. The number of hydrogen-bond acceptors (Lipinski definition) is 5. The van der Waals surface area contributed by atoms with E-state index in [1.54, 1.807) is 0 Å². The molecule has 0 rings (SSSR count). The highest BCUT2D eigenvalue weighted by Gasteiger charge is 2.22. The van der Waals surface area contributed by atoms with Crippen molar-refractivity contribution in [2.75, 3.05) is 19.8 Å². The van der Waals surface area contributed by atoms with Gasteiger partial charge < -0.3 is 19.5 Å². The fraction of sp³-hybridized carbons (Fsp3) is 0.961. The lowest BCUT2D eigenvalue weighted by molar-refractivity contribution is -0.151. The molecule has 0 saturated heterocycles. The number of carbonyl (C=O) groups excluding carboxylic acids is 2. The Labute approximate surface area is 356 Å². The summed E-state index contributed by atoms with van der Waals surface area (Å²) in [5.74, 6) is -0.324. The van der Waals surface area contributed by atoms with Gasteiger partial charge in [0.1, 0.15) is 6.10 Å². The molecule has 0 saturated carbocycles. The minimum atomic E-state index is -0.379. The lowest BCUT2D eigenvalue weighted by atomic mass is 10.0. The second kappa shape index (κ2) is 40.3. The first-order valence-electron chi connectivity index (χ1n) is 25.2. The molecular weight excluding hydrogens is 707 g/mol.